The number of carbonyl (C=O) groups is 1. The van der Waals surface area contributed by atoms with E-state index in [1.165, 1.54) is 32.4 Å². The zero-order valence-electron chi connectivity index (χ0n) is 18.4. The van der Waals surface area contributed by atoms with Gasteiger partial charge in [-0.1, -0.05) is 23.8 Å². The van der Waals surface area contributed by atoms with Gasteiger partial charge in [-0.3, -0.25) is 9.52 Å². The second kappa shape index (κ2) is 9.74. The first-order valence-corrected chi connectivity index (χ1v) is 11.4. The summed E-state index contributed by atoms with van der Waals surface area (Å²) in [6, 6.07) is 16.8. The summed E-state index contributed by atoms with van der Waals surface area (Å²) in [4.78, 5) is 12.5. The Balaban J connectivity index is 1.72. The van der Waals surface area contributed by atoms with E-state index >= 15 is 0 Å². The molecule has 0 fully saturated rings. The Morgan fingerprint density at radius 1 is 0.906 bits per heavy atom. The molecule has 0 bridgehead atoms. The maximum atomic E-state index is 12.8. The quantitative estimate of drug-likeness (QED) is 0.529. The van der Waals surface area contributed by atoms with Gasteiger partial charge in [0.2, 0.25) is 5.91 Å². The van der Waals surface area contributed by atoms with Crippen molar-refractivity contribution in [3.05, 3.63) is 77.4 Å². The van der Waals surface area contributed by atoms with E-state index in [1.54, 1.807) is 24.3 Å². The number of rotatable bonds is 8. The molecule has 0 aliphatic heterocycles. The average Bonchev–Trinajstić information content (AvgIpc) is 2.76. The van der Waals surface area contributed by atoms with Crippen LogP contribution in [0.15, 0.2) is 65.6 Å². The first kappa shape index (κ1) is 23.1. The van der Waals surface area contributed by atoms with Gasteiger partial charge in [-0.15, -0.1) is 0 Å². The van der Waals surface area contributed by atoms with E-state index < -0.39 is 10.0 Å². The lowest BCUT2D eigenvalue weighted by atomic mass is 10.0. The average molecular weight is 455 g/mol. The number of hydrogen-bond acceptors (Lipinski definition) is 5. The van der Waals surface area contributed by atoms with E-state index in [2.05, 4.69) is 10.0 Å². The molecular weight excluding hydrogens is 428 g/mol. The predicted molar refractivity (Wildman–Crippen MR) is 125 cm³/mol. The van der Waals surface area contributed by atoms with E-state index in [-0.39, 0.29) is 22.9 Å². The molecule has 0 saturated carbocycles. The number of hydrogen-bond donors (Lipinski definition) is 2. The number of sulfonamides is 1. The van der Waals surface area contributed by atoms with Gasteiger partial charge in [-0.2, -0.15) is 0 Å². The van der Waals surface area contributed by atoms with Crippen LogP contribution < -0.4 is 19.5 Å². The number of ether oxygens (including phenoxy) is 2. The van der Waals surface area contributed by atoms with Gasteiger partial charge >= 0.3 is 0 Å². The van der Waals surface area contributed by atoms with Gasteiger partial charge in [-0.05, 0) is 61.4 Å². The van der Waals surface area contributed by atoms with Crippen LogP contribution in [-0.4, -0.2) is 28.5 Å². The molecule has 7 nitrogen and oxygen atoms in total. The monoisotopic (exact) mass is 454 g/mol. The van der Waals surface area contributed by atoms with E-state index in [4.69, 9.17) is 9.47 Å². The Morgan fingerprint density at radius 3 is 2.28 bits per heavy atom. The largest absolute Gasteiger partial charge is 0.497 e. The van der Waals surface area contributed by atoms with Crippen molar-refractivity contribution in [2.75, 3.05) is 24.3 Å². The first-order valence-electron chi connectivity index (χ1n) is 9.92. The summed E-state index contributed by atoms with van der Waals surface area (Å²) < 4.78 is 38.5. The third-order valence-corrected chi connectivity index (χ3v) is 6.34. The summed E-state index contributed by atoms with van der Waals surface area (Å²) in [6.45, 7) is 3.95. The topological polar surface area (TPSA) is 93.7 Å². The summed E-state index contributed by atoms with van der Waals surface area (Å²) in [5, 5.41) is 2.81. The highest BCUT2D eigenvalue weighted by molar-refractivity contribution is 7.92. The predicted octanol–water partition coefficient (Wildman–Crippen LogP) is 4.30. The molecule has 8 heteroatoms. The third-order valence-electron chi connectivity index (χ3n) is 4.95. The van der Waals surface area contributed by atoms with Crippen molar-refractivity contribution in [1.29, 1.82) is 0 Å². The first-order chi connectivity index (χ1) is 15.2. The molecule has 0 radical (unpaired) electrons. The van der Waals surface area contributed by atoms with Crippen molar-refractivity contribution in [2.24, 2.45) is 0 Å². The van der Waals surface area contributed by atoms with Crippen LogP contribution in [0.25, 0.3) is 0 Å². The van der Waals surface area contributed by atoms with Crippen molar-refractivity contribution < 1.29 is 22.7 Å². The zero-order valence-corrected chi connectivity index (χ0v) is 19.2. The Bertz CT molecular complexity index is 1220. The van der Waals surface area contributed by atoms with E-state index in [1.807, 2.05) is 32.0 Å². The molecule has 0 aliphatic carbocycles. The smallest absolute Gasteiger partial charge is 0.262 e. The summed E-state index contributed by atoms with van der Waals surface area (Å²) in [5.74, 6) is 0.684. The molecule has 32 heavy (non-hydrogen) atoms. The van der Waals surface area contributed by atoms with Gasteiger partial charge in [0.15, 0.2) is 0 Å². The van der Waals surface area contributed by atoms with Crippen molar-refractivity contribution in [3.8, 4) is 11.5 Å². The fourth-order valence-corrected chi connectivity index (χ4v) is 4.25. The number of benzene rings is 3. The maximum absolute atomic E-state index is 12.8. The molecule has 3 rings (SSSR count). The van der Waals surface area contributed by atoms with Crippen molar-refractivity contribution in [3.63, 3.8) is 0 Å². The van der Waals surface area contributed by atoms with Crippen LogP contribution in [-0.2, 0) is 21.2 Å². The fraction of sp³-hybridized carbons (Fsp3) is 0.208. The highest BCUT2D eigenvalue weighted by atomic mass is 32.2. The molecule has 0 aliphatic rings. The van der Waals surface area contributed by atoms with Gasteiger partial charge in [0, 0.05) is 11.8 Å². The van der Waals surface area contributed by atoms with Crippen LogP contribution in [0.1, 0.15) is 16.7 Å². The molecule has 0 spiro atoms. The van der Waals surface area contributed by atoms with Crippen LogP contribution in [0.2, 0.25) is 0 Å². The minimum absolute atomic E-state index is 0.0508. The number of carbonyl (C=O) groups excluding carboxylic acids is 1. The lowest BCUT2D eigenvalue weighted by molar-refractivity contribution is -0.115. The van der Waals surface area contributed by atoms with Gasteiger partial charge in [0.05, 0.1) is 31.2 Å². The van der Waals surface area contributed by atoms with Crippen molar-refractivity contribution in [2.45, 2.75) is 25.2 Å². The normalized spacial score (nSPS) is 11.0. The molecule has 0 atom stereocenters. The van der Waals surface area contributed by atoms with Crippen LogP contribution >= 0.6 is 0 Å². The lowest BCUT2D eigenvalue weighted by Crippen LogP contribution is -2.16. The Labute approximate surface area is 188 Å². The number of nitrogens with one attached hydrogen (secondary N) is 2. The molecular formula is C24H26N2O5S. The minimum atomic E-state index is -3.87. The van der Waals surface area contributed by atoms with Crippen molar-refractivity contribution in [1.82, 2.24) is 0 Å². The molecule has 1 amide bonds. The summed E-state index contributed by atoms with van der Waals surface area (Å²) in [7, 11) is -0.926. The Hall–Kier alpha value is -3.52. The molecule has 3 aromatic rings. The lowest BCUT2D eigenvalue weighted by Gasteiger charge is -2.13. The molecule has 3 aromatic carbocycles. The summed E-state index contributed by atoms with van der Waals surface area (Å²) in [6.07, 6.45) is 0.241. The van der Waals surface area contributed by atoms with E-state index in [0.717, 1.165) is 16.7 Å². The number of anilines is 2. The second-order valence-electron chi connectivity index (χ2n) is 7.35. The SMILES string of the molecule is COc1ccc(OC)c(NS(=O)(=O)c2ccc(NC(=O)Cc3cc(C)ccc3C)cc2)c1. The maximum Gasteiger partial charge on any atom is 0.262 e. The highest BCUT2D eigenvalue weighted by Crippen LogP contribution is 2.31. The zero-order chi connectivity index (χ0) is 23.3. The number of methoxy groups -OCH3 is 2. The van der Waals surface area contributed by atoms with E-state index in [9.17, 15) is 13.2 Å². The number of amides is 1. The molecule has 2 N–H and O–H groups in total. The van der Waals surface area contributed by atoms with Gasteiger partial charge < -0.3 is 14.8 Å². The van der Waals surface area contributed by atoms with Crippen LogP contribution in [0.5, 0.6) is 11.5 Å². The Morgan fingerprint density at radius 2 is 1.62 bits per heavy atom. The minimum Gasteiger partial charge on any atom is -0.497 e. The van der Waals surface area contributed by atoms with Crippen LogP contribution in [0, 0.1) is 13.8 Å². The van der Waals surface area contributed by atoms with E-state index in [0.29, 0.717) is 17.2 Å². The van der Waals surface area contributed by atoms with Crippen molar-refractivity contribution >= 4 is 27.3 Å². The molecule has 0 aromatic heterocycles. The van der Waals surface area contributed by atoms with Gasteiger partial charge in [0.1, 0.15) is 11.5 Å². The number of aryl methyl sites for hydroxylation is 2. The summed E-state index contributed by atoms with van der Waals surface area (Å²) in [5.41, 5.74) is 3.87. The van der Waals surface area contributed by atoms with Crippen LogP contribution in [0.3, 0.4) is 0 Å². The Kier molecular flexibility index (Phi) is 7.05. The van der Waals surface area contributed by atoms with Gasteiger partial charge in [-0.25, -0.2) is 8.42 Å². The molecule has 0 heterocycles. The fourth-order valence-electron chi connectivity index (χ4n) is 3.18. The molecule has 0 saturated heterocycles. The highest BCUT2D eigenvalue weighted by Gasteiger charge is 2.17. The molecule has 0 unspecified atom stereocenters. The second-order valence-corrected chi connectivity index (χ2v) is 9.03. The standard InChI is InChI=1S/C24H26N2O5S/c1-16-5-6-17(2)18(13-16)14-24(27)25-19-7-10-21(11-8-19)32(28,29)26-22-15-20(30-3)9-12-23(22)31-4/h5-13,15,26H,14H2,1-4H3,(H,25,27). The third kappa shape index (κ3) is 5.59. The van der Waals surface area contributed by atoms with Crippen LogP contribution in [0.4, 0.5) is 11.4 Å². The molecule has 168 valence electrons. The van der Waals surface area contributed by atoms with Gasteiger partial charge in [0.25, 0.3) is 10.0 Å². The summed E-state index contributed by atoms with van der Waals surface area (Å²) >= 11 is 0.